The third-order valence-electron chi connectivity index (χ3n) is 21.3. The summed E-state index contributed by atoms with van der Waals surface area (Å²) in [7, 11) is 3.40. The first-order valence-corrected chi connectivity index (χ1v) is 36.1. The molecule has 2 saturated heterocycles. The standard InChI is InChI=1S/C73H133NO22/c1-14-41(2)20-17-22-51-34-44(5)63(86)37-53(76)24-19-27-58(81)46(7)57(80)25-16-15-21-43(4)68(88)48(9)64-39-65(95-72-71(91)67(74(12)13)69(89)50(11)94-72)49(10)73(92,96-64)40-66(87)93-45(6)29-30-54(77)35-52(75)23-18-26-59(82)47(8)60(83)32-28-42(3)62(85)38-56(79)36-55(78)31-33-61(84)70(51)90/h15-16,21,29-30,34,41-42,45-65,67-72,75-86,88-92H,14,17-20,22-28,31-33,35-40H2,1-13H3/t41?,42-,45?,46-,47+,48+,49+,50+,51?,52-,53+,54+,55+,56-,57+,58-,59-,60+,61?,62+,63-,64-,65-,67-,68+,69+,70+,71+,72?,73?/m0/s1. The molecule has 3 heterocycles. The number of hydrogen-bond donors (Lipinski definition) is 17. The van der Waals surface area contributed by atoms with Crippen molar-refractivity contribution in [2.75, 3.05) is 14.1 Å². The third kappa shape index (κ3) is 29.5. The van der Waals surface area contributed by atoms with Crippen LogP contribution in [-0.4, -0.2) is 252 Å². The minimum absolute atomic E-state index is 0.00878. The van der Waals surface area contributed by atoms with Gasteiger partial charge in [0, 0.05) is 48.9 Å². The molecule has 0 aliphatic carbocycles. The van der Waals surface area contributed by atoms with Gasteiger partial charge in [-0.05, 0) is 161 Å². The summed E-state index contributed by atoms with van der Waals surface area (Å²) < 4.78 is 24.5. The molecule has 2 bridgehead atoms. The Morgan fingerprint density at radius 2 is 1.21 bits per heavy atom. The molecule has 3 aliphatic rings. The van der Waals surface area contributed by atoms with Gasteiger partial charge >= 0.3 is 5.97 Å². The van der Waals surface area contributed by atoms with Crippen molar-refractivity contribution in [2.45, 2.75) is 351 Å². The summed E-state index contributed by atoms with van der Waals surface area (Å²) in [6, 6.07) is -0.781. The lowest BCUT2D eigenvalue weighted by molar-refractivity contribution is -0.351. The van der Waals surface area contributed by atoms with E-state index in [2.05, 4.69) is 13.8 Å². The Balaban J connectivity index is 1.86. The number of hydrogen-bond acceptors (Lipinski definition) is 23. The van der Waals surface area contributed by atoms with Gasteiger partial charge in [0.05, 0.1) is 122 Å². The molecule has 23 nitrogen and oxygen atoms in total. The summed E-state index contributed by atoms with van der Waals surface area (Å²) >= 11 is 0. The predicted octanol–water partition coefficient (Wildman–Crippen LogP) is 4.50. The Morgan fingerprint density at radius 3 is 1.82 bits per heavy atom. The maximum absolute atomic E-state index is 13.7. The van der Waals surface area contributed by atoms with E-state index in [4.69, 9.17) is 18.9 Å². The van der Waals surface area contributed by atoms with Crippen LogP contribution in [0.2, 0.25) is 0 Å². The molecule has 3 aliphatic heterocycles. The van der Waals surface area contributed by atoms with Crippen molar-refractivity contribution in [1.82, 2.24) is 4.90 Å². The van der Waals surface area contributed by atoms with E-state index in [1.165, 1.54) is 12.2 Å². The summed E-state index contributed by atoms with van der Waals surface area (Å²) in [6.45, 7) is 19.4. The van der Waals surface area contributed by atoms with Crippen LogP contribution in [0.5, 0.6) is 0 Å². The highest BCUT2D eigenvalue weighted by Gasteiger charge is 2.53. The lowest BCUT2D eigenvalue weighted by Gasteiger charge is -2.50. The fourth-order valence-corrected chi connectivity index (χ4v) is 13.6. The lowest BCUT2D eigenvalue weighted by Crippen LogP contribution is -2.64. The number of esters is 1. The Bertz CT molecular complexity index is 2280. The van der Waals surface area contributed by atoms with Crippen LogP contribution >= 0.6 is 0 Å². The van der Waals surface area contributed by atoms with Crippen molar-refractivity contribution in [3.05, 3.63) is 47.6 Å². The normalized spacial score (nSPS) is 43.0. The first-order valence-electron chi connectivity index (χ1n) is 36.1. The van der Waals surface area contributed by atoms with Crippen LogP contribution in [-0.2, 0) is 23.7 Å². The predicted molar refractivity (Wildman–Crippen MR) is 365 cm³/mol. The van der Waals surface area contributed by atoms with Crippen LogP contribution < -0.4 is 0 Å². The fraction of sp³-hybridized carbons (Fsp3) is 0.877. The smallest absolute Gasteiger partial charge is 0.311 e. The molecule has 17 N–H and O–H groups in total. The van der Waals surface area contributed by atoms with E-state index in [-0.39, 0.29) is 89.4 Å². The number of carbonyl (C=O) groups is 1. The topological polar surface area (TPSA) is 401 Å². The number of fused-ring (bicyclic) bond motifs is 2. The second-order valence-corrected chi connectivity index (χ2v) is 29.7. The van der Waals surface area contributed by atoms with E-state index in [9.17, 15) is 91.6 Å². The molecule has 0 aromatic rings. The van der Waals surface area contributed by atoms with E-state index in [0.29, 0.717) is 42.7 Å². The van der Waals surface area contributed by atoms with Crippen LogP contribution in [0.3, 0.4) is 0 Å². The number of cyclic esters (lactones) is 1. The maximum atomic E-state index is 13.7. The monoisotopic (exact) mass is 1380 g/mol. The third-order valence-corrected chi connectivity index (χ3v) is 21.3. The van der Waals surface area contributed by atoms with Crippen molar-refractivity contribution in [1.29, 1.82) is 0 Å². The number of rotatable bonds is 8. The Kier molecular flexibility index (Phi) is 39.8. The van der Waals surface area contributed by atoms with E-state index in [0.717, 1.165) is 19.3 Å². The Labute approximate surface area is 573 Å². The molecule has 3 rings (SSSR count). The number of allylic oxidation sites excluding steroid dienone is 2. The van der Waals surface area contributed by atoms with Crippen LogP contribution in [0.1, 0.15) is 211 Å². The van der Waals surface area contributed by atoms with E-state index < -0.39 is 182 Å². The largest absolute Gasteiger partial charge is 0.458 e. The maximum Gasteiger partial charge on any atom is 0.311 e. The molecular weight excluding hydrogens is 1240 g/mol. The molecule has 0 aromatic carbocycles. The van der Waals surface area contributed by atoms with Crippen molar-refractivity contribution in [3.8, 4) is 0 Å². The Morgan fingerprint density at radius 1 is 0.625 bits per heavy atom. The summed E-state index contributed by atoms with van der Waals surface area (Å²) in [6.07, 6.45) is -7.61. The van der Waals surface area contributed by atoms with Gasteiger partial charge < -0.3 is 111 Å². The van der Waals surface area contributed by atoms with Gasteiger partial charge in [-0.2, -0.15) is 0 Å². The second-order valence-electron chi connectivity index (χ2n) is 29.7. The average molecular weight is 1380 g/mol. The average Bonchev–Trinajstić information content (AvgIpc) is 0.771. The summed E-state index contributed by atoms with van der Waals surface area (Å²) in [5.41, 5.74) is 0.999. The molecule has 96 heavy (non-hydrogen) atoms. The molecule has 23 heteroatoms. The number of ether oxygens (including phenoxy) is 4. The fourth-order valence-electron chi connectivity index (χ4n) is 13.6. The van der Waals surface area contributed by atoms with Crippen molar-refractivity contribution < 1.29 is 111 Å². The van der Waals surface area contributed by atoms with Gasteiger partial charge in [-0.25, -0.2) is 0 Å². The van der Waals surface area contributed by atoms with Gasteiger partial charge in [-0.15, -0.1) is 0 Å². The van der Waals surface area contributed by atoms with Crippen LogP contribution in [0, 0.1) is 41.4 Å². The zero-order valence-electron chi connectivity index (χ0n) is 60.1. The number of nitrogens with zero attached hydrogens (tertiary/aromatic N) is 1. The molecule has 562 valence electrons. The van der Waals surface area contributed by atoms with E-state index in [1.54, 1.807) is 106 Å². The van der Waals surface area contributed by atoms with Crippen LogP contribution in [0.15, 0.2) is 47.6 Å². The zero-order chi connectivity index (χ0) is 72.5. The molecule has 0 spiro atoms. The molecule has 0 amide bonds. The number of aliphatic hydroxyl groups excluding tert-OH is 16. The van der Waals surface area contributed by atoms with E-state index >= 15 is 0 Å². The Hall–Kier alpha value is -2.41. The van der Waals surface area contributed by atoms with Gasteiger partial charge in [0.25, 0.3) is 0 Å². The summed E-state index contributed by atoms with van der Waals surface area (Å²) in [5.74, 6) is -6.45. The minimum Gasteiger partial charge on any atom is -0.458 e. The van der Waals surface area contributed by atoms with Crippen molar-refractivity contribution in [3.63, 3.8) is 0 Å². The SMILES string of the molecule is CCC(C)CCCC1C=C(C)[C@@H](O)C[C@H](O)CCC[C@H](O)[C@@H](C)[C@H](O)CC=CC=C(C)[C@@H](O)[C@H](C)[C@@H]2C[C@H](OC3O[C@H](C)[C@@H](O)[C@H](N(C)C)[C@H]3O)[C@@H](C)C(O)(CC(=O)OC(C)C=C[C@@H](O)C[C@@H](O)CCC[C@H](O)[C@@H](C)[C@H](O)CC[C@H](C)[C@H](O)C[C@@H](O)C[C@H](O)CCC(O)[C@@H]1O)O2. The van der Waals surface area contributed by atoms with Crippen LogP contribution in [0.25, 0.3) is 0 Å². The molecule has 30 atom stereocenters. The first-order chi connectivity index (χ1) is 44.9. The second kappa shape index (κ2) is 43.5. The van der Waals surface area contributed by atoms with E-state index in [1.807, 2.05) is 0 Å². The number of likely N-dealkylation sites (N-methyl/N-ethyl adjacent to an activating group) is 1. The summed E-state index contributed by atoms with van der Waals surface area (Å²) in [5, 5.41) is 191. The first kappa shape index (κ1) is 87.8. The van der Waals surface area contributed by atoms with Crippen molar-refractivity contribution >= 4 is 5.97 Å². The highest BCUT2D eigenvalue weighted by atomic mass is 16.7. The number of aliphatic hydroxyl groups is 17. The lowest BCUT2D eigenvalue weighted by atomic mass is 9.80. The highest BCUT2D eigenvalue weighted by molar-refractivity contribution is 5.71. The zero-order valence-corrected chi connectivity index (χ0v) is 60.1. The van der Waals surface area contributed by atoms with Gasteiger partial charge in [0.2, 0.25) is 0 Å². The number of carbonyl (C=O) groups excluding carboxylic acids is 1. The molecule has 0 radical (unpaired) electrons. The molecular formula is C73H133NO22. The highest BCUT2D eigenvalue weighted by Crippen LogP contribution is 2.42. The van der Waals surface area contributed by atoms with Crippen molar-refractivity contribution in [2.24, 2.45) is 41.4 Å². The van der Waals surface area contributed by atoms with Gasteiger partial charge in [0.15, 0.2) is 12.1 Å². The van der Waals surface area contributed by atoms with Gasteiger partial charge in [-0.3, -0.25) is 4.79 Å². The molecule has 0 saturated carbocycles. The molecule has 2 fully saturated rings. The minimum atomic E-state index is -2.26. The quantitative estimate of drug-likeness (QED) is 0.117. The van der Waals surface area contributed by atoms with Gasteiger partial charge in [0.1, 0.15) is 12.2 Å². The van der Waals surface area contributed by atoms with Crippen LogP contribution in [0.4, 0.5) is 0 Å². The molecule has 0 aromatic heterocycles. The van der Waals surface area contributed by atoms with Gasteiger partial charge in [-0.1, -0.05) is 98.1 Å². The summed E-state index contributed by atoms with van der Waals surface area (Å²) in [4.78, 5) is 15.4. The molecule has 6 unspecified atom stereocenters.